The zero-order chi connectivity index (χ0) is 27.8. The van der Waals surface area contributed by atoms with Crippen LogP contribution in [0.2, 0.25) is 0 Å². The molecule has 0 saturated carbocycles. The van der Waals surface area contributed by atoms with Crippen molar-refractivity contribution in [3.05, 3.63) is 65.9 Å². The van der Waals surface area contributed by atoms with E-state index in [0.29, 0.717) is 23.7 Å². The van der Waals surface area contributed by atoms with E-state index in [1.807, 2.05) is 24.3 Å². The lowest BCUT2D eigenvalue weighted by Gasteiger charge is -2.38. The first-order valence-electron chi connectivity index (χ1n) is 13.1. The normalized spacial score (nSPS) is 18.8. The van der Waals surface area contributed by atoms with Crippen LogP contribution in [0.25, 0.3) is 10.9 Å². The second-order valence-electron chi connectivity index (χ2n) is 9.87. The number of hydrogen-bond donors (Lipinski definition) is 2. The number of hydrogen-bond acceptors (Lipinski definition) is 7. The van der Waals surface area contributed by atoms with Gasteiger partial charge < -0.3 is 19.6 Å². The zero-order valence-corrected chi connectivity index (χ0v) is 23.1. The summed E-state index contributed by atoms with van der Waals surface area (Å²) in [5.74, 6) is -0.0885. The minimum atomic E-state index is -0.804. The molecule has 210 valence electrons. The summed E-state index contributed by atoms with van der Waals surface area (Å²) in [5, 5.41) is 10.6. The summed E-state index contributed by atoms with van der Waals surface area (Å²) in [6.45, 7) is 2.19. The van der Waals surface area contributed by atoms with Crippen LogP contribution in [0.3, 0.4) is 0 Å². The molecular formula is C29H35F2N3O4S. The Balaban J connectivity index is 1.40. The molecule has 1 aliphatic heterocycles. The molecule has 2 heterocycles. The maximum absolute atomic E-state index is 14.0. The first-order valence-corrected chi connectivity index (χ1v) is 14.1. The van der Waals surface area contributed by atoms with E-state index in [-0.39, 0.29) is 24.3 Å². The topological polar surface area (TPSA) is 83.9 Å². The number of piperidine rings is 1. The van der Waals surface area contributed by atoms with Crippen LogP contribution in [0, 0.1) is 23.5 Å². The number of likely N-dealkylation sites (tertiary alicyclic amines) is 1. The van der Waals surface area contributed by atoms with Gasteiger partial charge in [0, 0.05) is 41.7 Å². The van der Waals surface area contributed by atoms with Crippen LogP contribution in [-0.2, 0) is 9.63 Å². The van der Waals surface area contributed by atoms with Crippen molar-refractivity contribution < 1.29 is 28.3 Å². The van der Waals surface area contributed by atoms with E-state index >= 15 is 0 Å². The van der Waals surface area contributed by atoms with Crippen LogP contribution < -0.4 is 10.2 Å². The number of carbonyl (C=O) groups is 1. The van der Waals surface area contributed by atoms with E-state index in [4.69, 9.17) is 9.57 Å². The number of rotatable bonds is 13. The number of benzene rings is 2. The average Bonchev–Trinajstić information content (AvgIpc) is 2.93. The number of methoxy groups -OCH3 is 1. The highest BCUT2D eigenvalue weighted by Gasteiger charge is 2.31. The van der Waals surface area contributed by atoms with Crippen LogP contribution in [0.1, 0.15) is 37.3 Å². The summed E-state index contributed by atoms with van der Waals surface area (Å²) in [4.78, 5) is 24.1. The van der Waals surface area contributed by atoms with Gasteiger partial charge in [0.1, 0.15) is 17.4 Å². The van der Waals surface area contributed by atoms with Gasteiger partial charge in [0.15, 0.2) is 0 Å². The van der Waals surface area contributed by atoms with Crippen molar-refractivity contribution in [1.29, 1.82) is 0 Å². The van der Waals surface area contributed by atoms with Crippen LogP contribution in [-0.4, -0.2) is 60.6 Å². The van der Waals surface area contributed by atoms with Crippen LogP contribution in [0.4, 0.5) is 8.78 Å². The van der Waals surface area contributed by atoms with Crippen molar-refractivity contribution in [3.63, 3.8) is 0 Å². The lowest BCUT2D eigenvalue weighted by molar-refractivity contribution is -0.139. The number of nitrogens with one attached hydrogen (secondary N) is 1. The Morgan fingerprint density at radius 2 is 2.05 bits per heavy atom. The minimum absolute atomic E-state index is 0.00429. The molecule has 10 heteroatoms. The van der Waals surface area contributed by atoms with Crippen LogP contribution in [0.5, 0.6) is 5.75 Å². The van der Waals surface area contributed by atoms with Gasteiger partial charge in [0.25, 0.3) is 0 Å². The average molecular weight is 560 g/mol. The number of aromatic nitrogens is 1. The number of hydroxylamine groups is 1. The molecule has 39 heavy (non-hydrogen) atoms. The molecule has 0 aliphatic carbocycles. The number of ether oxygens (including phenoxy) is 1. The maximum Gasteiger partial charge on any atom is 0.303 e. The molecule has 3 aromatic rings. The zero-order valence-electron chi connectivity index (χ0n) is 22.2. The number of thioether (sulfide) groups is 1. The summed E-state index contributed by atoms with van der Waals surface area (Å²) in [6.07, 6.45) is 4.36. The Kier molecular flexibility index (Phi) is 10.5. The second kappa shape index (κ2) is 14.0. The van der Waals surface area contributed by atoms with Crippen molar-refractivity contribution in [2.24, 2.45) is 11.8 Å². The maximum atomic E-state index is 14.0. The van der Waals surface area contributed by atoms with Gasteiger partial charge in [-0.3, -0.25) is 9.78 Å². The van der Waals surface area contributed by atoms with E-state index in [0.717, 1.165) is 60.2 Å². The molecule has 2 N–H and O–H groups in total. The molecule has 0 amide bonds. The summed E-state index contributed by atoms with van der Waals surface area (Å²) >= 11 is 1.28. The number of pyridine rings is 1. The molecule has 7 nitrogen and oxygen atoms in total. The number of halogens is 2. The smallest absolute Gasteiger partial charge is 0.303 e. The predicted molar refractivity (Wildman–Crippen MR) is 148 cm³/mol. The molecule has 1 fully saturated rings. The molecular weight excluding hydrogens is 524 g/mol. The lowest BCUT2D eigenvalue weighted by atomic mass is 9.79. The molecule has 0 unspecified atom stereocenters. The quantitative estimate of drug-likeness (QED) is 0.204. The molecule has 4 rings (SSSR count). The van der Waals surface area contributed by atoms with Gasteiger partial charge in [0.05, 0.1) is 25.8 Å². The molecule has 0 spiro atoms. The minimum Gasteiger partial charge on any atom is -0.497 e. The molecule has 0 radical (unpaired) electrons. The SMILES string of the molecule is CON[C@@H](CC[C@@H]1CCN(CCSc2cc(F)ccc2F)C[C@@H]1CC(=O)O)c1ccnc2ccc(OC)cc12. The Morgan fingerprint density at radius 3 is 2.82 bits per heavy atom. The second-order valence-corrected chi connectivity index (χ2v) is 11.0. The molecule has 0 bridgehead atoms. The molecule has 1 aromatic heterocycles. The van der Waals surface area contributed by atoms with E-state index < -0.39 is 17.6 Å². The standard InChI is InChI=1S/C29H35F2N3O4S/c1-37-22-5-8-26-24(17-22)23(9-11-32-26)27(33-38-2)7-3-19-10-12-34(18-20(19)15-29(35)36)13-14-39-28-16-21(30)4-6-25(28)31/h4-6,8-9,11,16-17,19-20,27,33H,3,7,10,12-15,18H2,1-2H3,(H,35,36)/t19-,20+,27+/m1/s1. The van der Waals surface area contributed by atoms with Crippen molar-refractivity contribution in [2.75, 3.05) is 39.6 Å². The number of carboxylic acid groups (broad SMARTS) is 1. The highest BCUT2D eigenvalue weighted by atomic mass is 32.2. The third-order valence-electron chi connectivity index (χ3n) is 7.41. The molecule has 1 saturated heterocycles. The molecule has 1 aliphatic rings. The van der Waals surface area contributed by atoms with Crippen LogP contribution >= 0.6 is 11.8 Å². The highest BCUT2D eigenvalue weighted by Crippen LogP contribution is 2.35. The summed E-state index contributed by atoms with van der Waals surface area (Å²) < 4.78 is 32.8. The third-order valence-corrected chi connectivity index (χ3v) is 8.43. The summed E-state index contributed by atoms with van der Waals surface area (Å²) in [5.41, 5.74) is 5.04. The molecule has 2 aromatic carbocycles. The fourth-order valence-corrected chi connectivity index (χ4v) is 6.42. The predicted octanol–water partition coefficient (Wildman–Crippen LogP) is 5.70. The van der Waals surface area contributed by atoms with Crippen molar-refractivity contribution >= 4 is 28.6 Å². The Hall–Kier alpha value is -2.79. The first-order chi connectivity index (χ1) is 18.9. The van der Waals surface area contributed by atoms with Crippen molar-refractivity contribution in [3.8, 4) is 5.75 Å². The Bertz CT molecular complexity index is 1260. The first kappa shape index (κ1) is 29.2. The Morgan fingerprint density at radius 1 is 1.21 bits per heavy atom. The van der Waals surface area contributed by atoms with Gasteiger partial charge in [-0.1, -0.05) is 0 Å². The third kappa shape index (κ3) is 7.88. The van der Waals surface area contributed by atoms with E-state index in [1.165, 1.54) is 17.8 Å². The van der Waals surface area contributed by atoms with Gasteiger partial charge in [-0.2, -0.15) is 5.48 Å². The fourth-order valence-electron chi connectivity index (χ4n) is 5.45. The highest BCUT2D eigenvalue weighted by molar-refractivity contribution is 7.99. The van der Waals surface area contributed by atoms with E-state index in [2.05, 4.69) is 15.4 Å². The largest absolute Gasteiger partial charge is 0.497 e. The van der Waals surface area contributed by atoms with Gasteiger partial charge in [-0.05, 0) is 85.7 Å². The molecule has 3 atom stereocenters. The Labute approximate surface area is 231 Å². The monoisotopic (exact) mass is 559 g/mol. The van der Waals surface area contributed by atoms with Gasteiger partial charge in [-0.15, -0.1) is 11.8 Å². The van der Waals surface area contributed by atoms with Gasteiger partial charge in [0.2, 0.25) is 0 Å². The van der Waals surface area contributed by atoms with Crippen LogP contribution in [0.15, 0.2) is 53.6 Å². The summed E-state index contributed by atoms with van der Waals surface area (Å²) in [7, 11) is 3.23. The lowest BCUT2D eigenvalue weighted by Crippen LogP contribution is -2.42. The van der Waals surface area contributed by atoms with Crippen molar-refractivity contribution in [1.82, 2.24) is 15.4 Å². The van der Waals surface area contributed by atoms with Crippen molar-refractivity contribution in [2.45, 2.75) is 36.6 Å². The van der Waals surface area contributed by atoms with E-state index in [1.54, 1.807) is 20.4 Å². The fraction of sp³-hybridized carbons (Fsp3) is 0.448. The van der Waals surface area contributed by atoms with Gasteiger partial charge in [-0.25, -0.2) is 8.78 Å². The number of fused-ring (bicyclic) bond motifs is 1. The van der Waals surface area contributed by atoms with Gasteiger partial charge >= 0.3 is 5.97 Å². The van der Waals surface area contributed by atoms with E-state index in [9.17, 15) is 18.7 Å². The number of aliphatic carboxylic acids is 1. The number of nitrogens with zero attached hydrogens (tertiary/aromatic N) is 2. The summed E-state index contributed by atoms with van der Waals surface area (Å²) in [6, 6.07) is 11.1. The number of carboxylic acids is 1.